The number of benzene rings is 1. The fourth-order valence-corrected chi connectivity index (χ4v) is 3.41. The first-order valence-electron chi connectivity index (χ1n) is 5.79. The van der Waals surface area contributed by atoms with E-state index in [4.69, 9.17) is 5.73 Å². The number of carbonyl (C=O) groups excluding carboxylic acids is 1. The van der Waals surface area contributed by atoms with E-state index in [-0.39, 0.29) is 11.7 Å². The smallest absolute Gasteiger partial charge is 0.263 e. The third kappa shape index (κ3) is 2.37. The van der Waals surface area contributed by atoms with E-state index in [0.717, 1.165) is 9.71 Å². The molecule has 0 fully saturated rings. The van der Waals surface area contributed by atoms with Gasteiger partial charge in [-0.3, -0.25) is 4.79 Å². The first-order valence-corrected chi connectivity index (χ1v) is 7.49. The molecule has 0 atom stereocenters. The molecule has 3 aromatic rings. The summed E-state index contributed by atoms with van der Waals surface area (Å²) in [6, 6.07) is 4.33. The Morgan fingerprint density at radius 3 is 3.05 bits per heavy atom. The Morgan fingerprint density at radius 2 is 2.30 bits per heavy atom. The molecule has 3 rings (SSSR count). The summed E-state index contributed by atoms with van der Waals surface area (Å²) in [5.41, 5.74) is 6.25. The van der Waals surface area contributed by atoms with Gasteiger partial charge in [-0.2, -0.15) is 0 Å². The van der Waals surface area contributed by atoms with Crippen LogP contribution in [0.25, 0.3) is 10.1 Å². The first-order chi connectivity index (χ1) is 9.65. The molecule has 0 aliphatic carbocycles. The van der Waals surface area contributed by atoms with E-state index >= 15 is 0 Å². The van der Waals surface area contributed by atoms with Crippen LogP contribution in [0.1, 0.15) is 14.7 Å². The molecule has 0 unspecified atom stereocenters. The predicted molar refractivity (Wildman–Crippen MR) is 79.5 cm³/mol. The lowest BCUT2D eigenvalue weighted by molar-refractivity contribution is 0.0956. The average Bonchev–Trinajstić information content (AvgIpc) is 3.05. The zero-order chi connectivity index (χ0) is 14.1. The van der Waals surface area contributed by atoms with Crippen molar-refractivity contribution in [2.75, 3.05) is 5.73 Å². The fourth-order valence-electron chi connectivity index (χ4n) is 1.83. The van der Waals surface area contributed by atoms with E-state index in [9.17, 15) is 9.18 Å². The predicted octanol–water partition coefficient (Wildman–Crippen LogP) is 3.01. The maximum absolute atomic E-state index is 13.2. The van der Waals surface area contributed by atoms with Crippen molar-refractivity contribution in [1.82, 2.24) is 10.3 Å². The number of nitrogen functional groups attached to an aromatic ring is 1. The van der Waals surface area contributed by atoms with Crippen LogP contribution >= 0.6 is 22.7 Å². The summed E-state index contributed by atoms with van der Waals surface area (Å²) < 4.78 is 14.0. The van der Waals surface area contributed by atoms with Crippen molar-refractivity contribution < 1.29 is 9.18 Å². The van der Waals surface area contributed by atoms with Gasteiger partial charge in [0.05, 0.1) is 12.2 Å². The number of aromatic nitrogens is 1. The maximum atomic E-state index is 13.2. The number of hydrogen-bond acceptors (Lipinski definition) is 5. The van der Waals surface area contributed by atoms with Gasteiger partial charge in [0.15, 0.2) is 0 Å². The van der Waals surface area contributed by atoms with Crippen molar-refractivity contribution in [3.63, 3.8) is 0 Å². The molecule has 4 nitrogen and oxygen atoms in total. The minimum Gasteiger partial charge on any atom is -0.397 e. The van der Waals surface area contributed by atoms with E-state index in [1.165, 1.54) is 34.8 Å². The molecule has 0 aliphatic rings. The molecule has 102 valence electrons. The van der Waals surface area contributed by atoms with Gasteiger partial charge in [-0.05, 0) is 18.2 Å². The third-order valence-corrected chi connectivity index (χ3v) is 4.74. The SMILES string of the molecule is Nc1c(C(=O)NCc2nccs2)sc2ccc(F)cc12. The summed E-state index contributed by atoms with van der Waals surface area (Å²) in [6.07, 6.45) is 1.68. The second-order valence-electron chi connectivity index (χ2n) is 4.09. The highest BCUT2D eigenvalue weighted by Gasteiger charge is 2.16. The number of rotatable bonds is 3. The number of nitrogens with zero attached hydrogens (tertiary/aromatic N) is 1. The molecule has 2 aromatic heterocycles. The molecule has 7 heteroatoms. The van der Waals surface area contributed by atoms with Gasteiger partial charge in [-0.1, -0.05) is 0 Å². The Labute approximate surface area is 122 Å². The van der Waals surface area contributed by atoms with E-state index < -0.39 is 0 Å². The Morgan fingerprint density at radius 1 is 1.45 bits per heavy atom. The van der Waals surface area contributed by atoms with Gasteiger partial charge in [0.25, 0.3) is 5.91 Å². The first kappa shape index (κ1) is 13.0. The molecular formula is C13H10FN3OS2. The zero-order valence-corrected chi connectivity index (χ0v) is 11.9. The summed E-state index contributed by atoms with van der Waals surface area (Å²) in [6.45, 7) is 0.360. The van der Waals surface area contributed by atoms with Crippen LogP contribution in [0.4, 0.5) is 10.1 Å². The summed E-state index contributed by atoms with van der Waals surface area (Å²) in [5.74, 6) is -0.629. The minimum atomic E-state index is -0.364. The molecule has 3 N–H and O–H groups in total. The van der Waals surface area contributed by atoms with Crippen LogP contribution < -0.4 is 11.1 Å². The highest BCUT2D eigenvalue weighted by atomic mass is 32.1. The molecular weight excluding hydrogens is 297 g/mol. The Hall–Kier alpha value is -1.99. The topological polar surface area (TPSA) is 68.0 Å². The van der Waals surface area contributed by atoms with Gasteiger partial charge in [0.2, 0.25) is 0 Å². The van der Waals surface area contributed by atoms with E-state index in [0.29, 0.717) is 22.5 Å². The minimum absolute atomic E-state index is 0.265. The lowest BCUT2D eigenvalue weighted by Gasteiger charge is -2.01. The van der Waals surface area contributed by atoms with Crippen molar-refractivity contribution in [1.29, 1.82) is 0 Å². The van der Waals surface area contributed by atoms with Crippen LogP contribution in [0.15, 0.2) is 29.8 Å². The molecule has 1 amide bonds. The Bertz CT molecular complexity index is 767. The van der Waals surface area contributed by atoms with Crippen LogP contribution in [0, 0.1) is 5.82 Å². The number of fused-ring (bicyclic) bond motifs is 1. The second-order valence-corrected chi connectivity index (χ2v) is 6.13. The maximum Gasteiger partial charge on any atom is 0.263 e. The third-order valence-electron chi connectivity index (χ3n) is 2.78. The Kier molecular flexibility index (Phi) is 3.37. The van der Waals surface area contributed by atoms with Crippen molar-refractivity contribution in [2.45, 2.75) is 6.54 Å². The number of nitrogens with one attached hydrogen (secondary N) is 1. The quantitative estimate of drug-likeness (QED) is 0.781. The number of hydrogen-bond donors (Lipinski definition) is 2. The fraction of sp³-hybridized carbons (Fsp3) is 0.0769. The van der Waals surface area contributed by atoms with Gasteiger partial charge in [0, 0.05) is 21.7 Å². The Balaban J connectivity index is 1.86. The average molecular weight is 307 g/mol. The number of thiophene rings is 1. The molecule has 0 bridgehead atoms. The number of nitrogens with two attached hydrogens (primary N) is 1. The molecule has 20 heavy (non-hydrogen) atoms. The normalized spacial score (nSPS) is 10.8. The molecule has 0 spiro atoms. The molecule has 2 heterocycles. The van der Waals surface area contributed by atoms with Crippen LogP contribution in [0.2, 0.25) is 0 Å². The van der Waals surface area contributed by atoms with Gasteiger partial charge < -0.3 is 11.1 Å². The van der Waals surface area contributed by atoms with Crippen LogP contribution in [-0.4, -0.2) is 10.9 Å². The van der Waals surface area contributed by atoms with Crippen molar-refractivity contribution in [3.8, 4) is 0 Å². The standard InChI is InChI=1S/C13H10FN3OS2/c14-7-1-2-9-8(5-7)11(15)12(20-9)13(18)17-6-10-16-3-4-19-10/h1-5H,6,15H2,(H,17,18). The largest absolute Gasteiger partial charge is 0.397 e. The molecule has 0 aliphatic heterocycles. The number of halogens is 1. The lowest BCUT2D eigenvalue weighted by atomic mass is 10.2. The molecule has 1 aromatic carbocycles. The number of thiazole rings is 1. The van der Waals surface area contributed by atoms with E-state index in [1.807, 2.05) is 5.38 Å². The molecule has 0 radical (unpaired) electrons. The summed E-state index contributed by atoms with van der Waals surface area (Å²) in [4.78, 5) is 16.6. The molecule has 0 saturated heterocycles. The number of anilines is 1. The van der Waals surface area contributed by atoms with Gasteiger partial charge in [0.1, 0.15) is 15.7 Å². The van der Waals surface area contributed by atoms with Gasteiger partial charge >= 0.3 is 0 Å². The highest BCUT2D eigenvalue weighted by molar-refractivity contribution is 7.21. The monoisotopic (exact) mass is 307 g/mol. The lowest BCUT2D eigenvalue weighted by Crippen LogP contribution is -2.22. The van der Waals surface area contributed by atoms with E-state index in [1.54, 1.807) is 12.3 Å². The van der Waals surface area contributed by atoms with Gasteiger partial charge in [-0.15, -0.1) is 22.7 Å². The highest BCUT2D eigenvalue weighted by Crippen LogP contribution is 2.33. The van der Waals surface area contributed by atoms with E-state index in [2.05, 4.69) is 10.3 Å². The number of amides is 1. The van der Waals surface area contributed by atoms with Gasteiger partial charge in [-0.25, -0.2) is 9.37 Å². The van der Waals surface area contributed by atoms with Crippen LogP contribution in [0.5, 0.6) is 0 Å². The van der Waals surface area contributed by atoms with Crippen molar-refractivity contribution in [3.05, 3.63) is 45.5 Å². The van der Waals surface area contributed by atoms with Crippen molar-refractivity contribution in [2.24, 2.45) is 0 Å². The zero-order valence-electron chi connectivity index (χ0n) is 10.2. The van der Waals surface area contributed by atoms with Crippen LogP contribution in [0.3, 0.4) is 0 Å². The summed E-state index contributed by atoms with van der Waals surface area (Å²) in [5, 5.41) is 6.01. The number of carbonyl (C=O) groups is 1. The second kappa shape index (κ2) is 5.18. The summed E-state index contributed by atoms with van der Waals surface area (Å²) in [7, 11) is 0. The summed E-state index contributed by atoms with van der Waals surface area (Å²) >= 11 is 2.73. The van der Waals surface area contributed by atoms with Crippen molar-refractivity contribution >= 4 is 44.4 Å². The van der Waals surface area contributed by atoms with Crippen LogP contribution in [-0.2, 0) is 6.54 Å². The molecule has 0 saturated carbocycles.